The number of para-hydroxylation sites is 1. The van der Waals surface area contributed by atoms with Crippen molar-refractivity contribution in [2.24, 2.45) is 0 Å². The highest BCUT2D eigenvalue weighted by molar-refractivity contribution is 5.93. The van der Waals surface area contributed by atoms with Gasteiger partial charge in [0.2, 0.25) is 0 Å². The van der Waals surface area contributed by atoms with Crippen LogP contribution < -0.4 is 20.3 Å². The van der Waals surface area contributed by atoms with Crippen LogP contribution in [0.1, 0.15) is 30.0 Å². The maximum Gasteiger partial charge on any atom is 0.305 e. The van der Waals surface area contributed by atoms with Crippen LogP contribution in [0.4, 0.5) is 0 Å². The molecule has 1 aliphatic rings. The molecule has 126 valence electrons. The molecule has 1 aromatic heterocycles. The molecule has 1 aromatic carbocycles. The van der Waals surface area contributed by atoms with Crippen LogP contribution in [0.2, 0.25) is 0 Å². The maximum atomic E-state index is 11.8. The number of fused-ring (bicyclic) bond motifs is 1. The van der Waals surface area contributed by atoms with Crippen LogP contribution in [0.3, 0.4) is 0 Å². The number of carbonyl (C=O) groups excluding carboxylic acids is 2. The molecule has 2 amide bonds. The van der Waals surface area contributed by atoms with Gasteiger partial charge in [0.25, 0.3) is 5.91 Å². The van der Waals surface area contributed by atoms with E-state index in [2.05, 4.69) is 10.9 Å². The average Bonchev–Trinajstić information content (AvgIpc) is 3.16. The van der Waals surface area contributed by atoms with Crippen LogP contribution in [0, 0.1) is 0 Å². The molecule has 0 radical (unpaired) electrons. The Balaban J connectivity index is 1.53. The molecule has 0 saturated heterocycles. The first-order chi connectivity index (χ1) is 11.4. The molecule has 3 rings (SSSR count). The van der Waals surface area contributed by atoms with Gasteiger partial charge in [0, 0.05) is 12.0 Å². The third-order valence-electron chi connectivity index (χ3n) is 3.47. The number of hydrogen-bond donors (Lipinski definition) is 2. The van der Waals surface area contributed by atoms with Gasteiger partial charge in [0.15, 0.2) is 23.9 Å². The average molecular weight is 330 g/mol. The van der Waals surface area contributed by atoms with Crippen molar-refractivity contribution in [2.45, 2.75) is 25.9 Å². The lowest BCUT2D eigenvalue weighted by molar-refractivity contribution is -0.123. The third kappa shape index (κ3) is 3.51. The van der Waals surface area contributed by atoms with E-state index < -0.39 is 11.8 Å². The number of hydrazine groups is 1. The minimum absolute atomic E-state index is 0.104. The highest BCUT2D eigenvalue weighted by atomic mass is 16.5. The van der Waals surface area contributed by atoms with Crippen molar-refractivity contribution >= 4 is 11.8 Å². The second kappa shape index (κ2) is 6.27. The van der Waals surface area contributed by atoms with Crippen LogP contribution in [0.15, 0.2) is 41.0 Å². The van der Waals surface area contributed by atoms with E-state index in [-0.39, 0.29) is 18.0 Å². The SMILES string of the molecule is CC1(C)Cc2cccc(OCC(=O)NNC(=O)c3ccco3)c2O1. The number of furan rings is 1. The van der Waals surface area contributed by atoms with Crippen LogP contribution in [-0.2, 0) is 11.2 Å². The normalized spacial score (nSPS) is 14.4. The molecule has 0 fully saturated rings. The topological polar surface area (TPSA) is 89.8 Å². The molecule has 0 spiro atoms. The smallest absolute Gasteiger partial charge is 0.305 e. The highest BCUT2D eigenvalue weighted by Crippen LogP contribution is 2.41. The lowest BCUT2D eigenvalue weighted by Crippen LogP contribution is -2.43. The van der Waals surface area contributed by atoms with Gasteiger partial charge < -0.3 is 13.9 Å². The van der Waals surface area contributed by atoms with Gasteiger partial charge in [-0.05, 0) is 32.0 Å². The second-order valence-electron chi connectivity index (χ2n) is 6.05. The molecule has 7 nitrogen and oxygen atoms in total. The van der Waals surface area contributed by atoms with Gasteiger partial charge in [0.1, 0.15) is 5.60 Å². The van der Waals surface area contributed by atoms with Crippen molar-refractivity contribution in [2.75, 3.05) is 6.61 Å². The molecule has 0 saturated carbocycles. The van der Waals surface area contributed by atoms with Gasteiger partial charge in [-0.2, -0.15) is 0 Å². The standard InChI is InChI=1S/C17H18N2O5/c1-17(2)9-11-5-3-6-12(15(11)24-17)23-10-14(20)18-19-16(21)13-7-4-8-22-13/h3-8H,9-10H2,1-2H3,(H,18,20)(H,19,21). The largest absolute Gasteiger partial charge is 0.483 e. The van der Waals surface area contributed by atoms with Gasteiger partial charge in [-0.15, -0.1) is 0 Å². The lowest BCUT2D eigenvalue weighted by atomic mass is 10.0. The van der Waals surface area contributed by atoms with Crippen molar-refractivity contribution in [3.63, 3.8) is 0 Å². The van der Waals surface area contributed by atoms with Gasteiger partial charge in [0.05, 0.1) is 6.26 Å². The first-order valence-electron chi connectivity index (χ1n) is 7.51. The minimum Gasteiger partial charge on any atom is -0.483 e. The van der Waals surface area contributed by atoms with Gasteiger partial charge in [-0.3, -0.25) is 20.4 Å². The fourth-order valence-corrected chi connectivity index (χ4v) is 2.48. The Morgan fingerprint density at radius 2 is 2.04 bits per heavy atom. The Morgan fingerprint density at radius 1 is 1.21 bits per heavy atom. The number of nitrogens with one attached hydrogen (secondary N) is 2. The minimum atomic E-state index is -0.543. The summed E-state index contributed by atoms with van der Waals surface area (Å²) in [5.74, 6) is 0.233. The van der Waals surface area contributed by atoms with Gasteiger partial charge >= 0.3 is 5.91 Å². The molecule has 1 aliphatic heterocycles. The van der Waals surface area contributed by atoms with Crippen molar-refractivity contribution in [1.82, 2.24) is 10.9 Å². The summed E-state index contributed by atoms with van der Waals surface area (Å²) in [6.07, 6.45) is 2.16. The number of benzene rings is 1. The van der Waals surface area contributed by atoms with E-state index in [4.69, 9.17) is 13.9 Å². The Bertz CT molecular complexity index is 752. The summed E-state index contributed by atoms with van der Waals surface area (Å²) >= 11 is 0. The first kappa shape index (κ1) is 15.9. The van der Waals surface area contributed by atoms with Crippen LogP contribution >= 0.6 is 0 Å². The van der Waals surface area contributed by atoms with E-state index in [0.717, 1.165) is 12.0 Å². The molecule has 2 N–H and O–H groups in total. The molecule has 7 heteroatoms. The molecule has 24 heavy (non-hydrogen) atoms. The highest BCUT2D eigenvalue weighted by Gasteiger charge is 2.32. The third-order valence-corrected chi connectivity index (χ3v) is 3.47. The predicted molar refractivity (Wildman–Crippen MR) is 84.7 cm³/mol. The van der Waals surface area contributed by atoms with Crippen molar-refractivity contribution in [3.8, 4) is 11.5 Å². The summed E-state index contributed by atoms with van der Waals surface area (Å²) in [4.78, 5) is 23.4. The van der Waals surface area contributed by atoms with E-state index in [9.17, 15) is 9.59 Å². The molecular formula is C17H18N2O5. The molecule has 0 aliphatic carbocycles. The van der Waals surface area contributed by atoms with E-state index >= 15 is 0 Å². The number of ether oxygens (including phenoxy) is 2. The molecule has 0 atom stereocenters. The Labute approximate surface area is 138 Å². The Kier molecular flexibility index (Phi) is 4.16. The number of carbonyl (C=O) groups is 2. The summed E-state index contributed by atoms with van der Waals surface area (Å²) in [6, 6.07) is 8.65. The van der Waals surface area contributed by atoms with Gasteiger partial charge in [-0.25, -0.2) is 0 Å². The summed E-state index contributed by atoms with van der Waals surface area (Å²) in [7, 11) is 0. The molecule has 2 aromatic rings. The maximum absolute atomic E-state index is 11.8. The fraction of sp³-hybridized carbons (Fsp3) is 0.294. The molecule has 0 bridgehead atoms. The molecular weight excluding hydrogens is 312 g/mol. The molecule has 2 heterocycles. The van der Waals surface area contributed by atoms with Crippen molar-refractivity contribution in [1.29, 1.82) is 0 Å². The second-order valence-corrected chi connectivity index (χ2v) is 6.05. The summed E-state index contributed by atoms with van der Waals surface area (Å²) in [5.41, 5.74) is 5.26. The van der Waals surface area contributed by atoms with E-state index in [1.54, 1.807) is 12.1 Å². The van der Waals surface area contributed by atoms with Crippen LogP contribution in [-0.4, -0.2) is 24.0 Å². The van der Waals surface area contributed by atoms with Crippen LogP contribution in [0.5, 0.6) is 11.5 Å². The quantitative estimate of drug-likeness (QED) is 0.835. The van der Waals surface area contributed by atoms with Crippen molar-refractivity contribution < 1.29 is 23.5 Å². The molecule has 0 unspecified atom stereocenters. The monoisotopic (exact) mass is 330 g/mol. The zero-order chi connectivity index (χ0) is 17.2. The number of rotatable bonds is 4. The summed E-state index contributed by atoms with van der Waals surface area (Å²) in [6.45, 7) is 3.74. The first-order valence-corrected chi connectivity index (χ1v) is 7.51. The Morgan fingerprint density at radius 3 is 2.79 bits per heavy atom. The lowest BCUT2D eigenvalue weighted by Gasteiger charge is -2.18. The predicted octanol–water partition coefficient (Wildman–Crippen LogP) is 1.83. The number of amides is 2. The van der Waals surface area contributed by atoms with E-state index in [1.807, 2.05) is 26.0 Å². The summed E-state index contributed by atoms with van der Waals surface area (Å²) < 4.78 is 16.3. The van der Waals surface area contributed by atoms with E-state index in [0.29, 0.717) is 11.5 Å². The van der Waals surface area contributed by atoms with Gasteiger partial charge in [-0.1, -0.05) is 12.1 Å². The fourth-order valence-electron chi connectivity index (χ4n) is 2.48. The van der Waals surface area contributed by atoms with Crippen molar-refractivity contribution in [3.05, 3.63) is 47.9 Å². The zero-order valence-corrected chi connectivity index (χ0v) is 13.4. The number of hydrogen-bond acceptors (Lipinski definition) is 5. The van der Waals surface area contributed by atoms with Crippen LogP contribution in [0.25, 0.3) is 0 Å². The summed E-state index contributed by atoms with van der Waals surface area (Å²) in [5, 5.41) is 0. The van der Waals surface area contributed by atoms with E-state index in [1.165, 1.54) is 12.3 Å². The Hall–Kier alpha value is -2.96. The zero-order valence-electron chi connectivity index (χ0n) is 13.4.